The summed E-state index contributed by atoms with van der Waals surface area (Å²) in [6, 6.07) is 10.7. The van der Waals surface area contributed by atoms with Crippen LogP contribution in [0.3, 0.4) is 0 Å². The number of imidazole rings is 1. The molecule has 0 saturated heterocycles. The van der Waals surface area contributed by atoms with E-state index in [4.69, 9.17) is 9.84 Å². The number of allylic oxidation sites excluding steroid dienone is 1. The molecule has 166 valence electrons. The molecular formula is C22H24N6O4. The SMILES string of the molecule is C=N/C=N\C(=C/C)NC(=O)c1c(C)nc2ccc(-c3ccccc3OC[C@H](O)CO)nn12. The molecule has 0 fully saturated rings. The number of nitrogens with zero attached hydrogens (tertiary/aromatic N) is 5. The van der Waals surface area contributed by atoms with Gasteiger partial charge in [-0.1, -0.05) is 12.1 Å². The number of carbonyl (C=O) groups is 1. The van der Waals surface area contributed by atoms with Gasteiger partial charge < -0.3 is 20.3 Å². The maximum atomic E-state index is 12.9. The number of benzene rings is 1. The van der Waals surface area contributed by atoms with Crippen LogP contribution in [0.15, 0.2) is 58.3 Å². The van der Waals surface area contributed by atoms with E-state index in [1.165, 1.54) is 10.9 Å². The number of hydrogen-bond acceptors (Lipinski definition) is 7. The number of carbonyl (C=O) groups excluding carboxylic acids is 1. The van der Waals surface area contributed by atoms with E-state index in [2.05, 4.69) is 32.1 Å². The standard InChI is InChI=1S/C22H24N6O4/c1-4-19(24-13-23-3)26-22(31)21-14(2)25-20-10-9-17(27-28(20)21)16-7-5-6-8-18(16)32-12-15(30)11-29/h4-10,13,15,29-30H,3,11-12H2,1-2H3,(H,26,31)/b19-4+,24-13-/t15-/m1/s1. The number of aliphatic hydroxyl groups is 2. The average Bonchev–Trinajstić information content (AvgIpc) is 3.15. The first-order chi connectivity index (χ1) is 15.5. The highest BCUT2D eigenvalue weighted by molar-refractivity contribution is 5.95. The van der Waals surface area contributed by atoms with E-state index in [1.54, 1.807) is 44.2 Å². The molecule has 0 unspecified atom stereocenters. The predicted octanol–water partition coefficient (Wildman–Crippen LogP) is 1.76. The number of amides is 1. The van der Waals surface area contributed by atoms with Crippen molar-refractivity contribution in [3.63, 3.8) is 0 Å². The first-order valence-corrected chi connectivity index (χ1v) is 9.82. The lowest BCUT2D eigenvalue weighted by Gasteiger charge is -2.13. The zero-order chi connectivity index (χ0) is 23.1. The topological polar surface area (TPSA) is 134 Å². The van der Waals surface area contributed by atoms with Crippen molar-refractivity contribution in [2.45, 2.75) is 20.0 Å². The van der Waals surface area contributed by atoms with Gasteiger partial charge in [0.1, 0.15) is 30.6 Å². The lowest BCUT2D eigenvalue weighted by atomic mass is 10.1. The molecule has 0 aliphatic carbocycles. The lowest BCUT2D eigenvalue weighted by Crippen LogP contribution is -2.24. The van der Waals surface area contributed by atoms with Gasteiger partial charge in [-0.15, -0.1) is 0 Å². The van der Waals surface area contributed by atoms with Crippen molar-refractivity contribution >= 4 is 24.6 Å². The summed E-state index contributed by atoms with van der Waals surface area (Å²) in [4.78, 5) is 24.9. The summed E-state index contributed by atoms with van der Waals surface area (Å²) in [6.07, 6.45) is 1.87. The van der Waals surface area contributed by atoms with Crippen molar-refractivity contribution in [1.29, 1.82) is 0 Å². The molecule has 0 radical (unpaired) electrons. The summed E-state index contributed by atoms with van der Waals surface area (Å²) in [5.41, 5.74) is 2.47. The second kappa shape index (κ2) is 10.4. The Morgan fingerprint density at radius 2 is 2.12 bits per heavy atom. The Morgan fingerprint density at radius 3 is 2.84 bits per heavy atom. The summed E-state index contributed by atoms with van der Waals surface area (Å²) in [6.45, 7) is 6.31. The number of rotatable bonds is 9. The van der Waals surface area contributed by atoms with Crippen LogP contribution in [0.4, 0.5) is 0 Å². The summed E-state index contributed by atoms with van der Waals surface area (Å²) in [7, 11) is 0. The molecule has 1 atom stereocenters. The molecule has 0 spiro atoms. The number of fused-ring (bicyclic) bond motifs is 1. The maximum Gasteiger partial charge on any atom is 0.277 e. The van der Waals surface area contributed by atoms with Crippen LogP contribution < -0.4 is 10.1 Å². The van der Waals surface area contributed by atoms with Crippen LogP contribution in [0.5, 0.6) is 5.75 Å². The van der Waals surface area contributed by atoms with E-state index in [9.17, 15) is 9.90 Å². The normalized spacial score (nSPS) is 12.8. The molecule has 10 nitrogen and oxygen atoms in total. The quantitative estimate of drug-likeness (QED) is 0.346. The number of hydrogen-bond donors (Lipinski definition) is 3. The molecule has 0 aliphatic heterocycles. The Morgan fingerprint density at radius 1 is 1.34 bits per heavy atom. The second-order valence-corrected chi connectivity index (χ2v) is 6.73. The van der Waals surface area contributed by atoms with Gasteiger partial charge in [-0.2, -0.15) is 5.10 Å². The molecular weight excluding hydrogens is 412 g/mol. The van der Waals surface area contributed by atoms with Crippen LogP contribution in [0.2, 0.25) is 0 Å². The van der Waals surface area contributed by atoms with E-state index in [1.807, 2.05) is 12.1 Å². The highest BCUT2D eigenvalue weighted by atomic mass is 16.5. The van der Waals surface area contributed by atoms with Crippen LogP contribution in [-0.4, -0.2) is 63.1 Å². The molecule has 0 bridgehead atoms. The molecule has 2 heterocycles. The summed E-state index contributed by atoms with van der Waals surface area (Å²) < 4.78 is 7.11. The molecule has 3 aromatic rings. The van der Waals surface area contributed by atoms with Crippen molar-refractivity contribution < 1.29 is 19.7 Å². The smallest absolute Gasteiger partial charge is 0.277 e. The molecule has 2 aromatic heterocycles. The molecule has 1 amide bonds. The number of aromatic nitrogens is 3. The molecule has 10 heteroatoms. The number of nitrogens with one attached hydrogen (secondary N) is 1. The van der Waals surface area contributed by atoms with Crippen LogP contribution >= 0.6 is 0 Å². The zero-order valence-electron chi connectivity index (χ0n) is 17.8. The molecule has 1 aromatic carbocycles. The molecule has 0 aliphatic rings. The zero-order valence-corrected chi connectivity index (χ0v) is 17.8. The minimum Gasteiger partial charge on any atom is -0.490 e. The van der Waals surface area contributed by atoms with Gasteiger partial charge in [-0.3, -0.25) is 9.79 Å². The minimum absolute atomic E-state index is 0.0696. The third-order valence-electron chi connectivity index (χ3n) is 4.47. The van der Waals surface area contributed by atoms with Gasteiger partial charge in [-0.05, 0) is 50.9 Å². The van der Waals surface area contributed by atoms with E-state index in [0.717, 1.165) is 0 Å². The van der Waals surface area contributed by atoms with Gasteiger partial charge in [0, 0.05) is 5.56 Å². The number of aliphatic hydroxyl groups excluding tert-OH is 2. The van der Waals surface area contributed by atoms with Gasteiger partial charge in [0.05, 0.1) is 18.0 Å². The van der Waals surface area contributed by atoms with E-state index >= 15 is 0 Å². The fourth-order valence-corrected chi connectivity index (χ4v) is 2.95. The monoisotopic (exact) mass is 436 g/mol. The highest BCUT2D eigenvalue weighted by Gasteiger charge is 2.20. The Hall–Kier alpha value is -3.89. The number of aryl methyl sites for hydroxylation is 1. The van der Waals surface area contributed by atoms with Crippen molar-refractivity contribution in [3.05, 3.63) is 59.7 Å². The van der Waals surface area contributed by atoms with Gasteiger partial charge in [0.15, 0.2) is 11.3 Å². The Bertz CT molecular complexity index is 1180. The van der Waals surface area contributed by atoms with Gasteiger partial charge >= 0.3 is 0 Å². The van der Waals surface area contributed by atoms with E-state index in [-0.39, 0.29) is 12.3 Å². The Balaban J connectivity index is 1.99. The number of aliphatic imine (C=N–C) groups is 2. The van der Waals surface area contributed by atoms with Gasteiger partial charge in [0.2, 0.25) is 0 Å². The third-order valence-corrected chi connectivity index (χ3v) is 4.47. The minimum atomic E-state index is -0.996. The van der Waals surface area contributed by atoms with E-state index in [0.29, 0.717) is 34.2 Å². The average molecular weight is 436 g/mol. The lowest BCUT2D eigenvalue weighted by molar-refractivity contribution is 0.0538. The fourth-order valence-electron chi connectivity index (χ4n) is 2.95. The maximum absolute atomic E-state index is 12.9. The largest absolute Gasteiger partial charge is 0.490 e. The second-order valence-electron chi connectivity index (χ2n) is 6.73. The summed E-state index contributed by atoms with van der Waals surface area (Å²) in [5, 5.41) is 25.9. The van der Waals surface area contributed by atoms with Crippen LogP contribution in [0, 0.1) is 6.92 Å². The number of para-hydroxylation sites is 1. The molecule has 0 saturated carbocycles. The predicted molar refractivity (Wildman–Crippen MR) is 121 cm³/mol. The Labute approximate surface area is 184 Å². The van der Waals surface area contributed by atoms with Gasteiger partial charge in [-0.25, -0.2) is 14.5 Å². The van der Waals surface area contributed by atoms with E-state index < -0.39 is 18.6 Å². The van der Waals surface area contributed by atoms with Crippen molar-refractivity contribution in [2.75, 3.05) is 13.2 Å². The van der Waals surface area contributed by atoms with Crippen molar-refractivity contribution in [3.8, 4) is 17.0 Å². The Kier molecular flexibility index (Phi) is 7.42. The molecule has 32 heavy (non-hydrogen) atoms. The summed E-state index contributed by atoms with van der Waals surface area (Å²) >= 11 is 0. The molecule has 3 rings (SSSR count). The fraction of sp³-hybridized carbons (Fsp3) is 0.227. The first kappa shape index (κ1) is 22.8. The summed E-state index contributed by atoms with van der Waals surface area (Å²) in [5.74, 6) is 0.371. The first-order valence-electron chi connectivity index (χ1n) is 9.82. The van der Waals surface area contributed by atoms with Crippen LogP contribution in [-0.2, 0) is 0 Å². The highest BCUT2D eigenvalue weighted by Crippen LogP contribution is 2.29. The molecule has 3 N–H and O–H groups in total. The van der Waals surface area contributed by atoms with Crippen LogP contribution in [0.1, 0.15) is 23.1 Å². The van der Waals surface area contributed by atoms with Crippen molar-refractivity contribution in [1.82, 2.24) is 19.9 Å². The van der Waals surface area contributed by atoms with Gasteiger partial charge in [0.25, 0.3) is 5.91 Å². The van der Waals surface area contributed by atoms with Crippen LogP contribution in [0.25, 0.3) is 16.9 Å². The third kappa shape index (κ3) is 5.05. The number of ether oxygens (including phenoxy) is 1. The van der Waals surface area contributed by atoms with Crippen molar-refractivity contribution in [2.24, 2.45) is 9.98 Å².